The van der Waals surface area contributed by atoms with Crippen molar-refractivity contribution >= 4 is 27.6 Å². The first-order valence-electron chi connectivity index (χ1n) is 10.3. The lowest BCUT2D eigenvalue weighted by Gasteiger charge is -2.36. The Bertz CT molecular complexity index is 1120. The summed E-state index contributed by atoms with van der Waals surface area (Å²) in [5.41, 5.74) is 1.97. The predicted molar refractivity (Wildman–Crippen MR) is 120 cm³/mol. The van der Waals surface area contributed by atoms with Gasteiger partial charge in [-0.2, -0.15) is 0 Å². The molecule has 1 saturated heterocycles. The third-order valence-electron chi connectivity index (χ3n) is 5.46. The van der Waals surface area contributed by atoms with Crippen LogP contribution in [0.2, 0.25) is 0 Å². The molecule has 2 aromatic carbocycles. The van der Waals surface area contributed by atoms with E-state index in [1.165, 1.54) is 24.0 Å². The first-order chi connectivity index (χ1) is 15.1. The SMILES string of the molecule is CC(=O)N1CCN(C(=O)[C@@H](NC(=O)c2cccc(C)c2)S(=O)(=O)c2ccc(C)cc2)CC1. The van der Waals surface area contributed by atoms with Crippen molar-refractivity contribution in [1.82, 2.24) is 15.1 Å². The third-order valence-corrected chi connectivity index (χ3v) is 7.33. The van der Waals surface area contributed by atoms with Crippen LogP contribution < -0.4 is 5.32 Å². The van der Waals surface area contributed by atoms with E-state index >= 15 is 0 Å². The number of nitrogens with one attached hydrogen (secondary N) is 1. The van der Waals surface area contributed by atoms with E-state index in [1.54, 1.807) is 35.2 Å². The van der Waals surface area contributed by atoms with Gasteiger partial charge >= 0.3 is 0 Å². The Labute approximate surface area is 188 Å². The summed E-state index contributed by atoms with van der Waals surface area (Å²) in [6, 6.07) is 12.8. The maximum atomic E-state index is 13.4. The van der Waals surface area contributed by atoms with E-state index in [2.05, 4.69) is 5.32 Å². The molecular weight excluding hydrogens is 430 g/mol. The molecule has 0 spiro atoms. The van der Waals surface area contributed by atoms with E-state index in [4.69, 9.17) is 0 Å². The van der Waals surface area contributed by atoms with Crippen LogP contribution in [0.25, 0.3) is 0 Å². The van der Waals surface area contributed by atoms with Crippen LogP contribution >= 0.6 is 0 Å². The molecule has 0 radical (unpaired) electrons. The highest BCUT2D eigenvalue weighted by molar-refractivity contribution is 7.92. The molecule has 0 saturated carbocycles. The van der Waals surface area contributed by atoms with Crippen molar-refractivity contribution < 1.29 is 22.8 Å². The second kappa shape index (κ2) is 9.52. The molecule has 1 atom stereocenters. The van der Waals surface area contributed by atoms with Gasteiger partial charge in [0, 0.05) is 38.7 Å². The van der Waals surface area contributed by atoms with E-state index < -0.39 is 27.0 Å². The molecule has 0 aromatic heterocycles. The number of carbonyl (C=O) groups is 3. The Morgan fingerprint density at radius 2 is 1.47 bits per heavy atom. The average molecular weight is 458 g/mol. The van der Waals surface area contributed by atoms with Gasteiger partial charge in [-0.25, -0.2) is 8.42 Å². The fourth-order valence-electron chi connectivity index (χ4n) is 3.53. The lowest BCUT2D eigenvalue weighted by Crippen LogP contribution is -2.57. The van der Waals surface area contributed by atoms with Crippen LogP contribution in [0.4, 0.5) is 0 Å². The van der Waals surface area contributed by atoms with Crippen LogP contribution in [-0.4, -0.2) is 67.5 Å². The molecule has 1 N–H and O–H groups in total. The number of hydrogen-bond donors (Lipinski definition) is 1. The molecule has 0 unspecified atom stereocenters. The van der Waals surface area contributed by atoms with Crippen LogP contribution in [-0.2, 0) is 19.4 Å². The fraction of sp³-hybridized carbons (Fsp3) is 0.348. The second-order valence-corrected chi connectivity index (χ2v) is 9.95. The summed E-state index contributed by atoms with van der Waals surface area (Å²) in [6.07, 6.45) is 0. The van der Waals surface area contributed by atoms with Gasteiger partial charge in [-0.1, -0.05) is 35.4 Å². The second-order valence-electron chi connectivity index (χ2n) is 7.91. The highest BCUT2D eigenvalue weighted by Crippen LogP contribution is 2.19. The van der Waals surface area contributed by atoms with Crippen molar-refractivity contribution in [3.05, 3.63) is 65.2 Å². The first-order valence-corrected chi connectivity index (χ1v) is 11.9. The smallest absolute Gasteiger partial charge is 0.261 e. The molecule has 32 heavy (non-hydrogen) atoms. The fourth-order valence-corrected chi connectivity index (χ4v) is 5.00. The van der Waals surface area contributed by atoms with Crippen molar-refractivity contribution in [2.45, 2.75) is 31.0 Å². The molecule has 2 aromatic rings. The van der Waals surface area contributed by atoms with Gasteiger partial charge in [-0.05, 0) is 38.1 Å². The number of hydrogen-bond acceptors (Lipinski definition) is 5. The molecule has 1 fully saturated rings. The molecule has 170 valence electrons. The van der Waals surface area contributed by atoms with Gasteiger partial charge < -0.3 is 15.1 Å². The molecule has 1 aliphatic heterocycles. The van der Waals surface area contributed by atoms with E-state index in [9.17, 15) is 22.8 Å². The lowest BCUT2D eigenvalue weighted by atomic mass is 10.1. The Morgan fingerprint density at radius 3 is 2.03 bits per heavy atom. The van der Waals surface area contributed by atoms with E-state index in [-0.39, 0.29) is 29.5 Å². The highest BCUT2D eigenvalue weighted by atomic mass is 32.2. The molecule has 0 bridgehead atoms. The summed E-state index contributed by atoms with van der Waals surface area (Å²) >= 11 is 0. The van der Waals surface area contributed by atoms with Gasteiger partial charge in [0.2, 0.25) is 21.1 Å². The maximum absolute atomic E-state index is 13.4. The number of benzene rings is 2. The Kier molecular flexibility index (Phi) is 6.98. The molecule has 9 heteroatoms. The van der Waals surface area contributed by atoms with Crippen molar-refractivity contribution in [3.8, 4) is 0 Å². The van der Waals surface area contributed by atoms with Gasteiger partial charge in [0.25, 0.3) is 11.8 Å². The van der Waals surface area contributed by atoms with Crippen LogP contribution in [0.15, 0.2) is 53.4 Å². The van der Waals surface area contributed by atoms with Gasteiger partial charge in [-0.3, -0.25) is 14.4 Å². The number of piperazine rings is 1. The topological polar surface area (TPSA) is 104 Å². The number of rotatable bonds is 5. The number of nitrogens with zero attached hydrogens (tertiary/aromatic N) is 2. The van der Waals surface area contributed by atoms with E-state index in [1.807, 2.05) is 19.9 Å². The van der Waals surface area contributed by atoms with Crippen molar-refractivity contribution in [1.29, 1.82) is 0 Å². The van der Waals surface area contributed by atoms with Crippen molar-refractivity contribution in [3.63, 3.8) is 0 Å². The molecule has 3 rings (SSSR count). The Hall–Kier alpha value is -3.20. The summed E-state index contributed by atoms with van der Waals surface area (Å²) in [4.78, 5) is 40.7. The minimum absolute atomic E-state index is 0.0478. The lowest BCUT2D eigenvalue weighted by molar-refractivity contribution is -0.138. The number of amides is 3. The molecule has 1 aliphatic rings. The summed E-state index contributed by atoms with van der Waals surface area (Å²) < 4.78 is 26.8. The zero-order valence-electron chi connectivity index (χ0n) is 18.4. The zero-order valence-corrected chi connectivity index (χ0v) is 19.2. The highest BCUT2D eigenvalue weighted by Gasteiger charge is 2.39. The zero-order chi connectivity index (χ0) is 23.5. The quantitative estimate of drug-likeness (QED) is 0.733. The molecule has 3 amide bonds. The maximum Gasteiger partial charge on any atom is 0.261 e. The normalized spacial score (nSPS) is 15.2. The van der Waals surface area contributed by atoms with E-state index in [0.717, 1.165) is 11.1 Å². The van der Waals surface area contributed by atoms with Crippen molar-refractivity contribution in [2.75, 3.05) is 26.2 Å². The number of carbonyl (C=O) groups excluding carboxylic acids is 3. The molecule has 8 nitrogen and oxygen atoms in total. The summed E-state index contributed by atoms with van der Waals surface area (Å²) in [7, 11) is -4.21. The molecular formula is C23H27N3O5S. The van der Waals surface area contributed by atoms with Crippen LogP contribution in [0, 0.1) is 13.8 Å². The van der Waals surface area contributed by atoms with Gasteiger partial charge in [0.15, 0.2) is 0 Å². The largest absolute Gasteiger partial charge is 0.339 e. The van der Waals surface area contributed by atoms with Crippen LogP contribution in [0.5, 0.6) is 0 Å². The predicted octanol–water partition coefficient (Wildman–Crippen LogP) is 1.52. The van der Waals surface area contributed by atoms with Crippen molar-refractivity contribution in [2.24, 2.45) is 0 Å². The minimum Gasteiger partial charge on any atom is -0.339 e. The molecule has 0 aliphatic carbocycles. The summed E-state index contributed by atoms with van der Waals surface area (Å²) in [6.45, 7) is 6.10. The van der Waals surface area contributed by atoms with Gasteiger partial charge in [0.05, 0.1) is 4.90 Å². The average Bonchev–Trinajstić information content (AvgIpc) is 2.77. The van der Waals surface area contributed by atoms with Crippen LogP contribution in [0.3, 0.4) is 0 Å². The summed E-state index contributed by atoms with van der Waals surface area (Å²) in [5.74, 6) is -1.46. The van der Waals surface area contributed by atoms with Gasteiger partial charge in [-0.15, -0.1) is 0 Å². The van der Waals surface area contributed by atoms with Crippen LogP contribution in [0.1, 0.15) is 28.4 Å². The summed E-state index contributed by atoms with van der Waals surface area (Å²) in [5, 5.41) is 0.670. The number of aryl methyl sites for hydroxylation is 2. The molecule has 1 heterocycles. The first kappa shape index (κ1) is 23.5. The van der Waals surface area contributed by atoms with Gasteiger partial charge in [0.1, 0.15) is 0 Å². The monoisotopic (exact) mass is 457 g/mol. The number of sulfone groups is 1. The van der Waals surface area contributed by atoms with E-state index in [0.29, 0.717) is 13.1 Å². The standard InChI is InChI=1S/C23H27N3O5S/c1-16-7-9-20(10-8-16)32(30,31)22(24-21(28)19-6-4-5-17(2)15-19)23(29)26-13-11-25(12-14-26)18(3)27/h4-10,15,22H,11-14H2,1-3H3,(H,24,28)/t22-/m0/s1. The minimum atomic E-state index is -4.21. The third kappa shape index (κ3) is 5.16. The Balaban J connectivity index is 1.92. The Morgan fingerprint density at radius 1 is 0.875 bits per heavy atom.